The molecule has 5 nitrogen and oxygen atoms in total. The summed E-state index contributed by atoms with van der Waals surface area (Å²) in [6, 6.07) is 6.85. The van der Waals surface area contributed by atoms with Crippen molar-refractivity contribution < 1.29 is 19.4 Å². The number of nitrogens with one attached hydrogen (secondary N) is 1. The summed E-state index contributed by atoms with van der Waals surface area (Å²) < 4.78 is 5.47. The summed E-state index contributed by atoms with van der Waals surface area (Å²) in [5.41, 5.74) is -0.347. The zero-order valence-electron chi connectivity index (χ0n) is 12.1. The van der Waals surface area contributed by atoms with Gasteiger partial charge in [-0.05, 0) is 38.5 Å². The minimum atomic E-state index is -0.949. The number of ether oxygens (including phenoxy) is 1. The molecule has 0 heterocycles. The van der Waals surface area contributed by atoms with E-state index < -0.39 is 11.5 Å². The third-order valence-electron chi connectivity index (χ3n) is 2.61. The Kier molecular flexibility index (Phi) is 5.55. The van der Waals surface area contributed by atoms with Gasteiger partial charge in [0.25, 0.3) is 5.91 Å². The number of aliphatic carboxylic acids is 1. The van der Waals surface area contributed by atoms with E-state index in [4.69, 9.17) is 9.84 Å². The van der Waals surface area contributed by atoms with Crippen LogP contribution in [0.5, 0.6) is 5.75 Å². The lowest BCUT2D eigenvalue weighted by molar-refractivity contribution is -0.138. The molecule has 0 aromatic heterocycles. The topological polar surface area (TPSA) is 75.6 Å². The minimum absolute atomic E-state index is 0.134. The van der Waals surface area contributed by atoms with E-state index in [9.17, 15) is 9.59 Å². The maximum absolute atomic E-state index is 12.1. The van der Waals surface area contributed by atoms with Crippen molar-refractivity contribution in [2.75, 3.05) is 6.61 Å². The van der Waals surface area contributed by atoms with Crippen LogP contribution in [0.15, 0.2) is 24.3 Å². The van der Waals surface area contributed by atoms with Crippen molar-refractivity contribution in [2.45, 2.75) is 39.2 Å². The molecular formula is C15H21NO4. The fourth-order valence-electron chi connectivity index (χ4n) is 1.75. The van der Waals surface area contributed by atoms with Crippen LogP contribution in [0.25, 0.3) is 0 Å². The molecule has 0 saturated heterocycles. The van der Waals surface area contributed by atoms with Crippen LogP contribution >= 0.6 is 0 Å². The number of carboxylic acid groups (broad SMARTS) is 1. The Morgan fingerprint density at radius 1 is 1.35 bits per heavy atom. The van der Waals surface area contributed by atoms with E-state index in [2.05, 4.69) is 5.32 Å². The van der Waals surface area contributed by atoms with Crippen molar-refractivity contribution in [3.05, 3.63) is 29.8 Å². The second-order valence-corrected chi connectivity index (χ2v) is 5.28. The van der Waals surface area contributed by atoms with Gasteiger partial charge in [0.15, 0.2) is 0 Å². The SMILES string of the molecule is CCCOc1cccc(C(=O)NC(C)(C)CC(=O)O)c1. The first-order valence-electron chi connectivity index (χ1n) is 6.61. The molecule has 0 fully saturated rings. The molecule has 2 N–H and O–H groups in total. The van der Waals surface area contributed by atoms with Crippen LogP contribution in [0.1, 0.15) is 44.0 Å². The fourth-order valence-corrected chi connectivity index (χ4v) is 1.75. The lowest BCUT2D eigenvalue weighted by Crippen LogP contribution is -2.44. The number of benzene rings is 1. The van der Waals surface area contributed by atoms with Crippen LogP contribution in [-0.4, -0.2) is 29.1 Å². The van der Waals surface area contributed by atoms with Gasteiger partial charge in [-0.15, -0.1) is 0 Å². The molecular weight excluding hydrogens is 258 g/mol. The number of hydrogen-bond donors (Lipinski definition) is 2. The summed E-state index contributed by atoms with van der Waals surface area (Å²) >= 11 is 0. The normalized spacial score (nSPS) is 10.9. The van der Waals surface area contributed by atoms with Crippen LogP contribution in [-0.2, 0) is 4.79 Å². The van der Waals surface area contributed by atoms with E-state index in [1.807, 2.05) is 6.92 Å². The van der Waals surface area contributed by atoms with E-state index in [0.717, 1.165) is 6.42 Å². The first-order valence-corrected chi connectivity index (χ1v) is 6.61. The van der Waals surface area contributed by atoms with Gasteiger partial charge in [-0.1, -0.05) is 13.0 Å². The van der Waals surface area contributed by atoms with Gasteiger partial charge in [0, 0.05) is 11.1 Å². The Bertz CT molecular complexity index is 483. The highest BCUT2D eigenvalue weighted by Crippen LogP contribution is 2.15. The van der Waals surface area contributed by atoms with Gasteiger partial charge in [-0.2, -0.15) is 0 Å². The monoisotopic (exact) mass is 279 g/mol. The molecule has 0 aliphatic carbocycles. The summed E-state index contributed by atoms with van der Waals surface area (Å²) in [7, 11) is 0. The molecule has 110 valence electrons. The first kappa shape index (κ1) is 16.0. The molecule has 0 saturated carbocycles. The van der Waals surface area contributed by atoms with Crippen molar-refractivity contribution in [2.24, 2.45) is 0 Å². The van der Waals surface area contributed by atoms with Gasteiger partial charge < -0.3 is 15.2 Å². The van der Waals surface area contributed by atoms with Crippen LogP contribution in [0, 0.1) is 0 Å². The van der Waals surface area contributed by atoms with Crippen LogP contribution < -0.4 is 10.1 Å². The molecule has 0 spiro atoms. The van der Waals surface area contributed by atoms with Crippen LogP contribution in [0.3, 0.4) is 0 Å². The molecule has 20 heavy (non-hydrogen) atoms. The summed E-state index contributed by atoms with van der Waals surface area (Å²) in [6.45, 7) is 5.95. The van der Waals surface area contributed by atoms with Crippen molar-refractivity contribution in [3.8, 4) is 5.75 Å². The molecule has 0 radical (unpaired) electrons. The number of carbonyl (C=O) groups excluding carboxylic acids is 1. The summed E-state index contributed by atoms with van der Waals surface area (Å²) in [5.74, 6) is -0.621. The molecule has 5 heteroatoms. The predicted molar refractivity (Wildman–Crippen MR) is 76.0 cm³/mol. The van der Waals surface area contributed by atoms with Crippen molar-refractivity contribution in [1.29, 1.82) is 0 Å². The van der Waals surface area contributed by atoms with E-state index in [1.165, 1.54) is 0 Å². The average Bonchev–Trinajstić information content (AvgIpc) is 2.34. The maximum Gasteiger partial charge on any atom is 0.305 e. The number of carbonyl (C=O) groups is 2. The number of hydrogen-bond acceptors (Lipinski definition) is 3. The molecule has 1 aromatic carbocycles. The summed E-state index contributed by atoms with van der Waals surface area (Å²) in [5, 5.41) is 11.5. The van der Waals surface area contributed by atoms with Crippen molar-refractivity contribution in [1.82, 2.24) is 5.32 Å². The molecule has 1 amide bonds. The molecule has 1 aromatic rings. The largest absolute Gasteiger partial charge is 0.494 e. The van der Waals surface area contributed by atoms with Gasteiger partial charge in [-0.3, -0.25) is 9.59 Å². The molecule has 0 aliphatic heterocycles. The van der Waals surface area contributed by atoms with Gasteiger partial charge in [0.2, 0.25) is 0 Å². The average molecular weight is 279 g/mol. The Labute approximate surface area is 118 Å². The highest BCUT2D eigenvalue weighted by Gasteiger charge is 2.24. The third-order valence-corrected chi connectivity index (χ3v) is 2.61. The molecule has 1 rings (SSSR count). The van der Waals surface area contributed by atoms with Gasteiger partial charge >= 0.3 is 5.97 Å². The van der Waals surface area contributed by atoms with Crippen molar-refractivity contribution >= 4 is 11.9 Å². The molecule has 0 unspecified atom stereocenters. The minimum Gasteiger partial charge on any atom is -0.494 e. The molecule has 0 atom stereocenters. The predicted octanol–water partition coefficient (Wildman–Crippen LogP) is 2.46. The third kappa shape index (κ3) is 5.30. The summed E-state index contributed by atoms with van der Waals surface area (Å²) in [4.78, 5) is 22.8. The quantitative estimate of drug-likeness (QED) is 0.804. The maximum atomic E-state index is 12.1. The standard InChI is InChI=1S/C15H21NO4/c1-4-8-20-12-7-5-6-11(9-12)14(19)16-15(2,3)10-13(17)18/h5-7,9H,4,8,10H2,1-3H3,(H,16,19)(H,17,18). The van der Waals surface area contributed by atoms with E-state index in [-0.39, 0.29) is 12.3 Å². The number of carboxylic acids is 1. The Hall–Kier alpha value is -2.04. The summed E-state index contributed by atoms with van der Waals surface area (Å²) in [6.07, 6.45) is 0.757. The van der Waals surface area contributed by atoms with Crippen LogP contribution in [0.4, 0.5) is 0 Å². The Morgan fingerprint density at radius 3 is 2.65 bits per heavy atom. The highest BCUT2D eigenvalue weighted by atomic mass is 16.5. The van der Waals surface area contributed by atoms with Gasteiger partial charge in [0.05, 0.1) is 13.0 Å². The number of rotatable bonds is 7. The number of amides is 1. The molecule has 0 aliphatic rings. The Balaban J connectivity index is 2.74. The van der Waals surface area contributed by atoms with Crippen LogP contribution in [0.2, 0.25) is 0 Å². The first-order chi connectivity index (χ1) is 9.34. The zero-order valence-corrected chi connectivity index (χ0v) is 12.1. The lowest BCUT2D eigenvalue weighted by atomic mass is 10.00. The van der Waals surface area contributed by atoms with E-state index in [1.54, 1.807) is 38.1 Å². The fraction of sp³-hybridized carbons (Fsp3) is 0.467. The second kappa shape index (κ2) is 6.93. The van der Waals surface area contributed by atoms with Gasteiger partial charge in [-0.25, -0.2) is 0 Å². The van der Waals surface area contributed by atoms with E-state index in [0.29, 0.717) is 17.9 Å². The van der Waals surface area contributed by atoms with E-state index >= 15 is 0 Å². The molecule has 0 bridgehead atoms. The van der Waals surface area contributed by atoms with Gasteiger partial charge in [0.1, 0.15) is 5.75 Å². The smallest absolute Gasteiger partial charge is 0.305 e. The second-order valence-electron chi connectivity index (χ2n) is 5.28. The Morgan fingerprint density at radius 2 is 2.05 bits per heavy atom. The van der Waals surface area contributed by atoms with Crippen molar-refractivity contribution in [3.63, 3.8) is 0 Å². The highest BCUT2D eigenvalue weighted by molar-refractivity contribution is 5.95. The zero-order chi connectivity index (χ0) is 15.2. The lowest BCUT2D eigenvalue weighted by Gasteiger charge is -2.24.